The average Bonchev–Trinajstić information content (AvgIpc) is 2.17. The zero-order valence-corrected chi connectivity index (χ0v) is 11.2. The first-order valence-electron chi connectivity index (χ1n) is 5.02. The zero-order valence-electron chi connectivity index (χ0n) is 8.79. The molecule has 1 saturated heterocycles. The standard InChI is InChI=1S/C8H17Cl2N2O2P/c1-8-2-7-14-15(13,11-8)12(5-3-9)6-4-10/h8H,2-7H2,1H3,(H,11,13)/t8-,15-/m1/s1. The van der Waals surface area contributed by atoms with Gasteiger partial charge in [0.15, 0.2) is 0 Å². The van der Waals surface area contributed by atoms with E-state index in [1.54, 1.807) is 4.67 Å². The van der Waals surface area contributed by atoms with E-state index in [9.17, 15) is 4.57 Å². The molecule has 1 heterocycles. The predicted octanol–water partition coefficient (Wildman–Crippen LogP) is 2.27. The third-order valence-electron chi connectivity index (χ3n) is 2.26. The highest BCUT2D eigenvalue weighted by Crippen LogP contribution is 2.49. The summed E-state index contributed by atoms with van der Waals surface area (Å²) < 4.78 is 19.5. The summed E-state index contributed by atoms with van der Waals surface area (Å²) in [4.78, 5) is 0. The molecular weight excluding hydrogens is 258 g/mol. The number of halogens is 2. The van der Waals surface area contributed by atoms with Gasteiger partial charge in [-0.1, -0.05) is 0 Å². The molecular formula is C8H17Cl2N2O2P. The lowest BCUT2D eigenvalue weighted by molar-refractivity contribution is 0.215. The molecule has 7 heteroatoms. The van der Waals surface area contributed by atoms with Crippen LogP contribution in [0.1, 0.15) is 13.3 Å². The first-order valence-corrected chi connectivity index (χ1v) is 7.67. The fourth-order valence-corrected chi connectivity index (χ4v) is 4.28. The van der Waals surface area contributed by atoms with Crippen LogP contribution in [-0.4, -0.2) is 42.2 Å². The van der Waals surface area contributed by atoms with Gasteiger partial charge in [0, 0.05) is 30.9 Å². The van der Waals surface area contributed by atoms with E-state index in [2.05, 4.69) is 5.09 Å². The van der Waals surface area contributed by atoms with Crippen LogP contribution >= 0.6 is 30.9 Å². The second kappa shape index (κ2) is 6.43. The molecule has 0 radical (unpaired) electrons. The Bertz CT molecular complexity index is 237. The van der Waals surface area contributed by atoms with E-state index < -0.39 is 7.67 Å². The summed E-state index contributed by atoms with van der Waals surface area (Å²) in [7, 11) is -2.90. The Morgan fingerprint density at radius 2 is 2.07 bits per heavy atom. The molecule has 15 heavy (non-hydrogen) atoms. The number of hydrogen-bond acceptors (Lipinski definition) is 2. The minimum atomic E-state index is -2.90. The lowest BCUT2D eigenvalue weighted by atomic mass is 10.3. The molecule has 0 aromatic heterocycles. The molecule has 1 aliphatic heterocycles. The van der Waals surface area contributed by atoms with Gasteiger partial charge in [-0.15, -0.1) is 23.2 Å². The van der Waals surface area contributed by atoms with E-state index in [4.69, 9.17) is 27.7 Å². The quantitative estimate of drug-likeness (QED) is 0.617. The third kappa shape index (κ3) is 3.88. The highest BCUT2D eigenvalue weighted by atomic mass is 35.5. The van der Waals surface area contributed by atoms with Gasteiger partial charge in [0.05, 0.1) is 6.61 Å². The van der Waals surface area contributed by atoms with Crippen molar-refractivity contribution >= 4 is 30.9 Å². The summed E-state index contributed by atoms with van der Waals surface area (Å²) >= 11 is 11.3. The molecule has 1 N–H and O–H groups in total. The van der Waals surface area contributed by atoms with Gasteiger partial charge < -0.3 is 4.52 Å². The van der Waals surface area contributed by atoms with E-state index in [0.29, 0.717) is 31.5 Å². The van der Waals surface area contributed by atoms with Gasteiger partial charge in [-0.3, -0.25) is 4.57 Å². The molecule has 0 spiro atoms. The van der Waals surface area contributed by atoms with Gasteiger partial charge in [-0.05, 0) is 13.3 Å². The number of nitrogens with zero attached hydrogens (tertiary/aromatic N) is 1. The van der Waals surface area contributed by atoms with Crippen molar-refractivity contribution in [1.82, 2.24) is 9.76 Å². The molecule has 4 nitrogen and oxygen atoms in total. The van der Waals surface area contributed by atoms with Gasteiger partial charge in [0.2, 0.25) is 0 Å². The molecule has 0 aliphatic carbocycles. The van der Waals surface area contributed by atoms with Crippen LogP contribution in [0.4, 0.5) is 0 Å². The SMILES string of the molecule is C[C@@H]1CCO[P@@](=O)(N(CCCl)CCCl)N1. The molecule has 0 aromatic carbocycles. The first-order chi connectivity index (χ1) is 7.12. The fourth-order valence-electron chi connectivity index (χ4n) is 1.47. The van der Waals surface area contributed by atoms with Crippen LogP contribution in [0.25, 0.3) is 0 Å². The molecule has 0 saturated carbocycles. The second-order valence-corrected chi connectivity index (χ2v) is 6.38. The number of nitrogens with one attached hydrogen (secondary N) is 1. The van der Waals surface area contributed by atoms with Crippen LogP contribution in [-0.2, 0) is 9.09 Å². The molecule has 1 aliphatic rings. The Labute approximate surface area is 101 Å². The topological polar surface area (TPSA) is 41.6 Å². The number of hydrogen-bond donors (Lipinski definition) is 1. The first kappa shape index (κ1) is 13.8. The van der Waals surface area contributed by atoms with Crippen molar-refractivity contribution in [2.45, 2.75) is 19.4 Å². The molecule has 0 bridgehead atoms. The molecule has 90 valence electrons. The molecule has 2 atom stereocenters. The van der Waals surface area contributed by atoms with Crippen molar-refractivity contribution in [3.63, 3.8) is 0 Å². The van der Waals surface area contributed by atoms with Crippen molar-refractivity contribution < 1.29 is 9.09 Å². The second-order valence-electron chi connectivity index (χ2n) is 3.50. The van der Waals surface area contributed by atoms with Gasteiger partial charge in [0.1, 0.15) is 0 Å². The van der Waals surface area contributed by atoms with Crippen LogP contribution in [0.15, 0.2) is 0 Å². The highest BCUT2D eigenvalue weighted by Gasteiger charge is 2.35. The van der Waals surface area contributed by atoms with E-state index in [-0.39, 0.29) is 6.04 Å². The summed E-state index contributed by atoms with van der Waals surface area (Å²) in [5.74, 6) is 0.834. The third-order valence-corrected chi connectivity index (χ3v) is 5.04. The Kier molecular flexibility index (Phi) is 5.90. The van der Waals surface area contributed by atoms with Gasteiger partial charge in [0.25, 0.3) is 0 Å². The summed E-state index contributed by atoms with van der Waals surface area (Å²) in [6.45, 7) is 3.55. The van der Waals surface area contributed by atoms with Crippen LogP contribution in [0.3, 0.4) is 0 Å². The van der Waals surface area contributed by atoms with Crippen molar-refractivity contribution in [1.29, 1.82) is 0 Å². The Hall–Kier alpha value is 0.690. The van der Waals surface area contributed by atoms with E-state index >= 15 is 0 Å². The van der Waals surface area contributed by atoms with E-state index in [1.807, 2.05) is 6.92 Å². The summed E-state index contributed by atoms with van der Waals surface area (Å²) in [5.41, 5.74) is 0. The number of alkyl halides is 2. The molecule has 1 rings (SSSR count). The zero-order chi connectivity index (χ0) is 11.3. The normalized spacial score (nSPS) is 32.1. The Balaban J connectivity index is 2.66. The largest absolute Gasteiger partial charge is 0.343 e. The summed E-state index contributed by atoms with van der Waals surface area (Å²) in [6.07, 6.45) is 0.875. The summed E-state index contributed by atoms with van der Waals surface area (Å²) in [6, 6.07) is 0.206. The van der Waals surface area contributed by atoms with Gasteiger partial charge in [-0.25, -0.2) is 9.76 Å². The Morgan fingerprint density at radius 1 is 1.47 bits per heavy atom. The smallest absolute Gasteiger partial charge is 0.306 e. The van der Waals surface area contributed by atoms with Crippen LogP contribution < -0.4 is 5.09 Å². The maximum atomic E-state index is 12.4. The summed E-state index contributed by atoms with van der Waals surface area (Å²) in [5, 5.41) is 3.00. The van der Waals surface area contributed by atoms with Gasteiger partial charge >= 0.3 is 7.67 Å². The van der Waals surface area contributed by atoms with E-state index in [0.717, 1.165) is 6.42 Å². The minimum Gasteiger partial charge on any atom is -0.306 e. The van der Waals surface area contributed by atoms with Crippen molar-refractivity contribution in [3.05, 3.63) is 0 Å². The molecule has 0 unspecified atom stereocenters. The van der Waals surface area contributed by atoms with Crippen LogP contribution in [0, 0.1) is 0 Å². The maximum absolute atomic E-state index is 12.4. The predicted molar refractivity (Wildman–Crippen MR) is 63.8 cm³/mol. The minimum absolute atomic E-state index is 0.206. The monoisotopic (exact) mass is 274 g/mol. The van der Waals surface area contributed by atoms with Crippen molar-refractivity contribution in [3.8, 4) is 0 Å². The van der Waals surface area contributed by atoms with Crippen LogP contribution in [0.5, 0.6) is 0 Å². The Morgan fingerprint density at radius 3 is 2.53 bits per heavy atom. The number of rotatable bonds is 5. The van der Waals surface area contributed by atoms with Crippen molar-refractivity contribution in [2.24, 2.45) is 0 Å². The van der Waals surface area contributed by atoms with E-state index in [1.165, 1.54) is 0 Å². The van der Waals surface area contributed by atoms with Crippen LogP contribution in [0.2, 0.25) is 0 Å². The molecule has 0 aromatic rings. The maximum Gasteiger partial charge on any atom is 0.343 e. The molecule has 1 fully saturated rings. The highest BCUT2D eigenvalue weighted by molar-refractivity contribution is 7.54. The lowest BCUT2D eigenvalue weighted by Crippen LogP contribution is -2.40. The molecule has 0 amide bonds. The lowest BCUT2D eigenvalue weighted by Gasteiger charge is -2.35. The van der Waals surface area contributed by atoms with Gasteiger partial charge in [-0.2, -0.15) is 0 Å². The average molecular weight is 275 g/mol. The fraction of sp³-hybridized carbons (Fsp3) is 1.00. The van der Waals surface area contributed by atoms with Crippen molar-refractivity contribution in [2.75, 3.05) is 31.5 Å².